The molecule has 110 valence electrons. The lowest BCUT2D eigenvalue weighted by Crippen LogP contribution is -2.38. The first-order valence-corrected chi connectivity index (χ1v) is 7.77. The predicted octanol–water partition coefficient (Wildman–Crippen LogP) is 2.22. The normalized spacial score (nSPS) is 26.3. The molecular formula is C18H22N2O. The predicted molar refractivity (Wildman–Crippen MR) is 83.8 cm³/mol. The number of nitrogens with one attached hydrogen (secondary N) is 1. The second kappa shape index (κ2) is 5.91. The molecular weight excluding hydrogens is 260 g/mol. The van der Waals surface area contributed by atoms with E-state index in [-0.39, 0.29) is 5.91 Å². The van der Waals surface area contributed by atoms with Gasteiger partial charge in [-0.2, -0.15) is 0 Å². The van der Waals surface area contributed by atoms with E-state index in [1.54, 1.807) is 0 Å². The van der Waals surface area contributed by atoms with Crippen molar-refractivity contribution >= 4 is 5.91 Å². The van der Waals surface area contributed by atoms with Gasteiger partial charge in [0.1, 0.15) is 0 Å². The Kier molecular flexibility index (Phi) is 3.98. The fourth-order valence-electron chi connectivity index (χ4n) is 3.81. The summed E-state index contributed by atoms with van der Waals surface area (Å²) >= 11 is 0. The van der Waals surface area contributed by atoms with E-state index in [0.29, 0.717) is 24.1 Å². The average Bonchev–Trinajstić information content (AvgIpc) is 3.07. The molecule has 0 spiro atoms. The van der Waals surface area contributed by atoms with Crippen molar-refractivity contribution in [3.8, 4) is 11.8 Å². The van der Waals surface area contributed by atoms with E-state index in [4.69, 9.17) is 5.73 Å². The number of nitrogens with two attached hydrogens (primary N) is 1. The number of aryl methyl sites for hydroxylation is 1. The molecule has 2 saturated carbocycles. The van der Waals surface area contributed by atoms with Crippen molar-refractivity contribution in [1.82, 2.24) is 5.32 Å². The van der Waals surface area contributed by atoms with Crippen LogP contribution < -0.4 is 11.1 Å². The molecule has 2 fully saturated rings. The van der Waals surface area contributed by atoms with Gasteiger partial charge in [-0.15, -0.1) is 0 Å². The van der Waals surface area contributed by atoms with Gasteiger partial charge in [-0.1, -0.05) is 18.3 Å². The summed E-state index contributed by atoms with van der Waals surface area (Å²) in [6.45, 7) is 2.32. The number of carbonyl (C=O) groups excluding carboxylic acids is 1. The molecule has 0 aromatic heterocycles. The Labute approximate surface area is 126 Å². The van der Waals surface area contributed by atoms with Gasteiger partial charge in [-0.05, 0) is 61.8 Å². The van der Waals surface area contributed by atoms with Crippen LogP contribution in [0.2, 0.25) is 0 Å². The van der Waals surface area contributed by atoms with E-state index in [9.17, 15) is 4.79 Å². The van der Waals surface area contributed by atoms with Gasteiger partial charge in [-0.3, -0.25) is 4.79 Å². The van der Waals surface area contributed by atoms with Gasteiger partial charge < -0.3 is 11.1 Å². The van der Waals surface area contributed by atoms with Crippen LogP contribution in [-0.2, 0) is 0 Å². The Morgan fingerprint density at radius 3 is 2.86 bits per heavy atom. The lowest BCUT2D eigenvalue weighted by molar-refractivity contribution is 0.0923. The number of carbonyl (C=O) groups is 1. The van der Waals surface area contributed by atoms with Crippen LogP contribution in [-0.4, -0.2) is 18.5 Å². The van der Waals surface area contributed by atoms with Crippen LogP contribution in [0.4, 0.5) is 0 Å². The van der Waals surface area contributed by atoms with E-state index in [1.807, 2.05) is 25.1 Å². The summed E-state index contributed by atoms with van der Waals surface area (Å²) in [5, 5.41) is 3.23. The lowest BCUT2D eigenvalue weighted by Gasteiger charge is -2.23. The maximum Gasteiger partial charge on any atom is 0.251 e. The van der Waals surface area contributed by atoms with Gasteiger partial charge in [0.25, 0.3) is 5.91 Å². The maximum absolute atomic E-state index is 12.5. The van der Waals surface area contributed by atoms with Crippen molar-refractivity contribution in [2.45, 2.75) is 38.6 Å². The van der Waals surface area contributed by atoms with Crippen molar-refractivity contribution in [3.63, 3.8) is 0 Å². The Morgan fingerprint density at radius 2 is 2.19 bits per heavy atom. The summed E-state index contributed by atoms with van der Waals surface area (Å²) in [4.78, 5) is 12.5. The van der Waals surface area contributed by atoms with Crippen LogP contribution >= 0.6 is 0 Å². The van der Waals surface area contributed by atoms with Gasteiger partial charge in [0.15, 0.2) is 0 Å². The lowest BCUT2D eigenvalue weighted by atomic mass is 9.95. The molecule has 0 heterocycles. The molecule has 0 radical (unpaired) electrons. The first-order valence-electron chi connectivity index (χ1n) is 7.77. The Balaban J connectivity index is 1.73. The standard InChI is InChI=1S/C18H22N2O/c1-12-7-13(3-2-6-19)10-16(8-12)18(21)20-17-11-14-4-5-15(17)9-14/h7-8,10,14-15,17H,4-6,9,11,19H2,1H3,(H,20,21). The minimum atomic E-state index is 0.0343. The maximum atomic E-state index is 12.5. The Bertz CT molecular complexity index is 611. The van der Waals surface area contributed by atoms with Crippen LogP contribution in [0.3, 0.4) is 0 Å². The van der Waals surface area contributed by atoms with Crippen molar-refractivity contribution < 1.29 is 4.79 Å². The smallest absolute Gasteiger partial charge is 0.251 e. The van der Waals surface area contributed by atoms with Crippen LogP contribution in [0.5, 0.6) is 0 Å². The molecule has 0 aliphatic heterocycles. The molecule has 3 rings (SSSR count). The molecule has 21 heavy (non-hydrogen) atoms. The third-order valence-corrected chi connectivity index (χ3v) is 4.73. The van der Waals surface area contributed by atoms with E-state index >= 15 is 0 Å². The number of hydrogen-bond acceptors (Lipinski definition) is 2. The molecule has 2 bridgehead atoms. The largest absolute Gasteiger partial charge is 0.349 e. The second-order valence-corrected chi connectivity index (χ2v) is 6.35. The van der Waals surface area contributed by atoms with Crippen LogP contribution in [0.25, 0.3) is 0 Å². The second-order valence-electron chi connectivity index (χ2n) is 6.35. The highest BCUT2D eigenvalue weighted by molar-refractivity contribution is 5.95. The van der Waals surface area contributed by atoms with E-state index < -0.39 is 0 Å². The molecule has 2 aliphatic carbocycles. The minimum Gasteiger partial charge on any atom is -0.349 e. The number of fused-ring (bicyclic) bond motifs is 2. The Hall–Kier alpha value is -1.79. The fourth-order valence-corrected chi connectivity index (χ4v) is 3.81. The molecule has 1 amide bonds. The van der Waals surface area contributed by atoms with Crippen molar-refractivity contribution in [2.75, 3.05) is 6.54 Å². The van der Waals surface area contributed by atoms with Gasteiger partial charge in [0.05, 0.1) is 6.54 Å². The monoisotopic (exact) mass is 282 g/mol. The van der Waals surface area contributed by atoms with E-state index in [1.165, 1.54) is 19.3 Å². The van der Waals surface area contributed by atoms with Crippen LogP contribution in [0.15, 0.2) is 18.2 Å². The van der Waals surface area contributed by atoms with Gasteiger partial charge in [0, 0.05) is 17.2 Å². The minimum absolute atomic E-state index is 0.0343. The highest BCUT2D eigenvalue weighted by atomic mass is 16.1. The van der Waals surface area contributed by atoms with Crippen molar-refractivity contribution in [2.24, 2.45) is 17.6 Å². The first-order chi connectivity index (χ1) is 10.2. The zero-order valence-corrected chi connectivity index (χ0v) is 12.5. The van der Waals surface area contributed by atoms with Crippen molar-refractivity contribution in [1.29, 1.82) is 0 Å². The first kappa shape index (κ1) is 14.2. The highest BCUT2D eigenvalue weighted by Gasteiger charge is 2.40. The number of benzene rings is 1. The SMILES string of the molecule is Cc1cc(C#CCN)cc(C(=O)NC2CC3CCC2C3)c1. The Morgan fingerprint density at radius 1 is 1.33 bits per heavy atom. The van der Waals surface area contributed by atoms with Crippen LogP contribution in [0, 0.1) is 30.6 Å². The molecule has 3 N–H and O–H groups in total. The summed E-state index contributed by atoms with van der Waals surface area (Å²) in [7, 11) is 0. The molecule has 2 aliphatic rings. The third kappa shape index (κ3) is 3.11. The molecule has 1 aromatic carbocycles. The molecule has 3 nitrogen and oxygen atoms in total. The topological polar surface area (TPSA) is 55.1 Å². The van der Waals surface area contributed by atoms with Crippen LogP contribution in [0.1, 0.15) is 47.2 Å². The highest BCUT2D eigenvalue weighted by Crippen LogP contribution is 2.44. The number of rotatable bonds is 2. The molecule has 3 heteroatoms. The van der Waals surface area contributed by atoms with E-state index in [2.05, 4.69) is 17.2 Å². The molecule has 3 unspecified atom stereocenters. The number of amides is 1. The van der Waals surface area contributed by atoms with Gasteiger partial charge in [0.2, 0.25) is 0 Å². The van der Waals surface area contributed by atoms with Gasteiger partial charge >= 0.3 is 0 Å². The molecule has 3 atom stereocenters. The fraction of sp³-hybridized carbons (Fsp3) is 0.500. The number of hydrogen-bond donors (Lipinski definition) is 2. The summed E-state index contributed by atoms with van der Waals surface area (Å²) in [5.74, 6) is 7.41. The van der Waals surface area contributed by atoms with Gasteiger partial charge in [-0.25, -0.2) is 0 Å². The summed E-state index contributed by atoms with van der Waals surface area (Å²) < 4.78 is 0. The zero-order valence-electron chi connectivity index (χ0n) is 12.5. The van der Waals surface area contributed by atoms with E-state index in [0.717, 1.165) is 23.5 Å². The summed E-state index contributed by atoms with van der Waals surface area (Å²) in [5.41, 5.74) is 8.02. The zero-order chi connectivity index (χ0) is 14.8. The summed E-state index contributed by atoms with van der Waals surface area (Å²) in [6.07, 6.45) is 5.07. The summed E-state index contributed by atoms with van der Waals surface area (Å²) in [6, 6.07) is 6.14. The third-order valence-electron chi connectivity index (χ3n) is 4.73. The molecule has 0 saturated heterocycles. The molecule has 1 aromatic rings. The average molecular weight is 282 g/mol. The van der Waals surface area contributed by atoms with Crippen molar-refractivity contribution in [3.05, 3.63) is 34.9 Å². The quantitative estimate of drug-likeness (QED) is 0.817.